The second-order valence-electron chi connectivity index (χ2n) is 8.68. The zero-order valence-electron chi connectivity index (χ0n) is 20.3. The molecule has 0 fully saturated rings. The van der Waals surface area contributed by atoms with E-state index in [1.807, 2.05) is 40.5 Å². The maximum atomic E-state index is 12.7. The molecule has 36 heavy (non-hydrogen) atoms. The maximum Gasteiger partial charge on any atom is 0.335 e. The van der Waals surface area contributed by atoms with Crippen molar-refractivity contribution in [2.75, 3.05) is 0 Å². The van der Waals surface area contributed by atoms with E-state index in [1.54, 1.807) is 30.3 Å². The standard InChI is InChI=1S/C27H27N3O5S/c1-4-7-25-28-26-17(2)14-21(27(32)33)15-23(26)30(25)16-19-10-12-20(13-11-19)22-8-5-6-9-24(22)36(34,35)29-18(3)31/h5-6,8-15H,4,7,16H2,1-3H3,(H,29,31)(H,32,33). The minimum atomic E-state index is -4.00. The Labute approximate surface area is 209 Å². The van der Waals surface area contributed by atoms with Gasteiger partial charge >= 0.3 is 5.97 Å². The van der Waals surface area contributed by atoms with Crippen molar-refractivity contribution < 1.29 is 23.1 Å². The summed E-state index contributed by atoms with van der Waals surface area (Å²) in [5.74, 6) is -0.757. The van der Waals surface area contributed by atoms with Crippen molar-refractivity contribution in [3.63, 3.8) is 0 Å². The second-order valence-corrected chi connectivity index (χ2v) is 10.3. The first-order chi connectivity index (χ1) is 17.1. The molecular formula is C27H27N3O5S. The van der Waals surface area contributed by atoms with Crippen LogP contribution < -0.4 is 4.72 Å². The van der Waals surface area contributed by atoms with Crippen LogP contribution in [0.25, 0.3) is 22.2 Å². The summed E-state index contributed by atoms with van der Waals surface area (Å²) in [6.07, 6.45) is 1.65. The summed E-state index contributed by atoms with van der Waals surface area (Å²) in [7, 11) is -4.00. The van der Waals surface area contributed by atoms with Crippen LogP contribution in [0.4, 0.5) is 0 Å². The number of nitrogens with zero attached hydrogens (tertiary/aromatic N) is 2. The number of aromatic carboxylic acids is 1. The van der Waals surface area contributed by atoms with E-state index < -0.39 is 21.9 Å². The lowest BCUT2D eigenvalue weighted by molar-refractivity contribution is -0.117. The number of carboxylic acid groups (broad SMARTS) is 1. The molecule has 0 aliphatic rings. The molecule has 4 rings (SSSR count). The average Bonchev–Trinajstić information content (AvgIpc) is 3.16. The molecular weight excluding hydrogens is 478 g/mol. The molecule has 0 unspecified atom stereocenters. The summed E-state index contributed by atoms with van der Waals surface area (Å²) in [5, 5.41) is 9.53. The molecule has 2 N–H and O–H groups in total. The molecule has 1 heterocycles. The van der Waals surface area contributed by atoms with Gasteiger partial charge in [-0.2, -0.15) is 0 Å². The second kappa shape index (κ2) is 9.94. The normalized spacial score (nSPS) is 11.5. The SMILES string of the molecule is CCCc1nc2c(C)cc(C(=O)O)cc2n1Cc1ccc(-c2ccccc2S(=O)(=O)NC(C)=O)cc1. The van der Waals surface area contributed by atoms with Crippen LogP contribution in [0, 0.1) is 6.92 Å². The van der Waals surface area contributed by atoms with Gasteiger partial charge in [0.2, 0.25) is 5.91 Å². The van der Waals surface area contributed by atoms with Gasteiger partial charge in [-0.15, -0.1) is 0 Å². The number of benzene rings is 3. The number of amides is 1. The largest absolute Gasteiger partial charge is 0.478 e. The summed E-state index contributed by atoms with van der Waals surface area (Å²) < 4.78 is 29.4. The summed E-state index contributed by atoms with van der Waals surface area (Å²) in [6, 6.07) is 17.3. The van der Waals surface area contributed by atoms with Crippen LogP contribution in [0.2, 0.25) is 0 Å². The van der Waals surface area contributed by atoms with E-state index in [0.717, 1.165) is 47.8 Å². The first-order valence-electron chi connectivity index (χ1n) is 11.6. The molecule has 8 nitrogen and oxygen atoms in total. The topological polar surface area (TPSA) is 118 Å². The van der Waals surface area contributed by atoms with E-state index in [2.05, 4.69) is 6.92 Å². The number of sulfonamides is 1. The van der Waals surface area contributed by atoms with E-state index in [4.69, 9.17) is 4.98 Å². The third kappa shape index (κ3) is 5.01. The van der Waals surface area contributed by atoms with Crippen LogP contribution in [0.3, 0.4) is 0 Å². The number of aryl methyl sites for hydroxylation is 2. The van der Waals surface area contributed by atoms with Gasteiger partial charge in [0.25, 0.3) is 10.0 Å². The lowest BCUT2D eigenvalue weighted by Crippen LogP contribution is -2.28. The highest BCUT2D eigenvalue weighted by Crippen LogP contribution is 2.29. The minimum absolute atomic E-state index is 0.0236. The highest BCUT2D eigenvalue weighted by molar-refractivity contribution is 7.90. The molecule has 0 saturated carbocycles. The molecule has 0 aliphatic heterocycles. The number of carbonyl (C=O) groups is 2. The van der Waals surface area contributed by atoms with E-state index in [0.29, 0.717) is 17.7 Å². The maximum absolute atomic E-state index is 12.7. The average molecular weight is 506 g/mol. The van der Waals surface area contributed by atoms with E-state index >= 15 is 0 Å². The Hall–Kier alpha value is -3.98. The first-order valence-corrected chi connectivity index (χ1v) is 13.0. The van der Waals surface area contributed by atoms with Crippen LogP contribution in [-0.2, 0) is 27.8 Å². The van der Waals surface area contributed by atoms with Crippen LogP contribution in [0.5, 0.6) is 0 Å². The number of fused-ring (bicyclic) bond motifs is 1. The molecule has 0 bridgehead atoms. The van der Waals surface area contributed by atoms with Gasteiger partial charge in [-0.3, -0.25) is 4.79 Å². The third-order valence-electron chi connectivity index (χ3n) is 5.90. The Morgan fingerprint density at radius 2 is 1.75 bits per heavy atom. The summed E-state index contributed by atoms with van der Waals surface area (Å²) in [4.78, 5) is 27.8. The number of aromatic nitrogens is 2. The Morgan fingerprint density at radius 1 is 1.06 bits per heavy atom. The quantitative estimate of drug-likeness (QED) is 0.363. The summed E-state index contributed by atoms with van der Waals surface area (Å²) in [6.45, 7) is 5.58. The van der Waals surface area contributed by atoms with Crippen molar-refractivity contribution in [3.8, 4) is 11.1 Å². The summed E-state index contributed by atoms with van der Waals surface area (Å²) >= 11 is 0. The zero-order valence-corrected chi connectivity index (χ0v) is 21.1. The van der Waals surface area contributed by atoms with Crippen LogP contribution >= 0.6 is 0 Å². The van der Waals surface area contributed by atoms with Crippen molar-refractivity contribution in [3.05, 3.63) is 83.2 Å². The van der Waals surface area contributed by atoms with Crippen molar-refractivity contribution in [1.29, 1.82) is 0 Å². The predicted molar refractivity (Wildman–Crippen MR) is 137 cm³/mol. The molecule has 0 radical (unpaired) electrons. The van der Waals surface area contributed by atoms with Gasteiger partial charge < -0.3 is 9.67 Å². The Kier molecular flexibility index (Phi) is 6.94. The van der Waals surface area contributed by atoms with Gasteiger partial charge in [0.05, 0.1) is 21.5 Å². The Bertz CT molecular complexity index is 1570. The minimum Gasteiger partial charge on any atom is -0.478 e. The van der Waals surface area contributed by atoms with Crippen molar-refractivity contribution in [2.45, 2.75) is 45.1 Å². The van der Waals surface area contributed by atoms with Gasteiger partial charge in [-0.1, -0.05) is 49.4 Å². The fourth-order valence-electron chi connectivity index (χ4n) is 4.31. The highest BCUT2D eigenvalue weighted by Gasteiger charge is 2.20. The number of hydrogen-bond acceptors (Lipinski definition) is 5. The van der Waals surface area contributed by atoms with Gasteiger partial charge in [0.1, 0.15) is 5.82 Å². The van der Waals surface area contributed by atoms with E-state index in [1.165, 1.54) is 6.07 Å². The molecule has 1 aromatic heterocycles. The molecule has 9 heteroatoms. The number of rotatable bonds is 8. The fourth-order valence-corrected chi connectivity index (χ4v) is 5.53. The smallest absolute Gasteiger partial charge is 0.335 e. The fraction of sp³-hybridized carbons (Fsp3) is 0.222. The Balaban J connectivity index is 1.73. The molecule has 0 saturated heterocycles. The molecule has 1 amide bonds. The van der Waals surface area contributed by atoms with E-state index in [-0.39, 0.29) is 10.5 Å². The zero-order chi connectivity index (χ0) is 26.0. The number of imidazole rings is 1. The van der Waals surface area contributed by atoms with Gasteiger partial charge in [0.15, 0.2) is 0 Å². The number of hydrogen-bond donors (Lipinski definition) is 2. The molecule has 3 aromatic carbocycles. The van der Waals surface area contributed by atoms with Gasteiger partial charge in [0, 0.05) is 25.5 Å². The van der Waals surface area contributed by atoms with E-state index in [9.17, 15) is 23.1 Å². The molecule has 0 spiro atoms. The number of nitrogens with one attached hydrogen (secondary N) is 1. The van der Waals surface area contributed by atoms with Gasteiger partial charge in [-0.25, -0.2) is 22.9 Å². The molecule has 0 atom stereocenters. The van der Waals surface area contributed by atoms with Crippen molar-refractivity contribution in [1.82, 2.24) is 14.3 Å². The summed E-state index contributed by atoms with van der Waals surface area (Å²) in [5.41, 5.74) is 4.72. The lowest BCUT2D eigenvalue weighted by atomic mass is 10.0. The molecule has 186 valence electrons. The lowest BCUT2D eigenvalue weighted by Gasteiger charge is -2.13. The van der Waals surface area contributed by atoms with Crippen molar-refractivity contribution >= 4 is 32.9 Å². The first kappa shape index (κ1) is 25.1. The molecule has 0 aliphatic carbocycles. The van der Waals surface area contributed by atoms with Crippen LogP contribution in [0.1, 0.15) is 47.6 Å². The highest BCUT2D eigenvalue weighted by atomic mass is 32.2. The van der Waals surface area contributed by atoms with Crippen LogP contribution in [0.15, 0.2) is 65.6 Å². The third-order valence-corrected chi connectivity index (χ3v) is 7.40. The predicted octanol–water partition coefficient (Wildman–Crippen LogP) is 4.54. The Morgan fingerprint density at radius 3 is 2.39 bits per heavy atom. The number of carboxylic acids is 1. The van der Waals surface area contributed by atoms with Gasteiger partial charge in [-0.05, 0) is 48.2 Å². The number of carbonyl (C=O) groups excluding carboxylic acids is 1. The monoisotopic (exact) mass is 505 g/mol. The molecule has 4 aromatic rings. The van der Waals surface area contributed by atoms with Crippen molar-refractivity contribution in [2.24, 2.45) is 0 Å². The van der Waals surface area contributed by atoms with Crippen LogP contribution in [-0.4, -0.2) is 35.0 Å².